The second-order valence-corrected chi connectivity index (χ2v) is 6.87. The predicted molar refractivity (Wildman–Crippen MR) is 87.7 cm³/mol. The Morgan fingerprint density at radius 3 is 2.30 bits per heavy atom. The van der Waals surface area contributed by atoms with Gasteiger partial charge in [0.1, 0.15) is 5.54 Å². The van der Waals surface area contributed by atoms with Crippen LogP contribution >= 0.6 is 11.8 Å². The first-order valence-corrected chi connectivity index (χ1v) is 8.25. The monoisotopic (exact) mass is 294 g/mol. The molecule has 1 aromatic rings. The molecule has 1 unspecified atom stereocenters. The Morgan fingerprint density at radius 1 is 1.25 bits per heavy atom. The van der Waals surface area contributed by atoms with Gasteiger partial charge in [0.15, 0.2) is 0 Å². The maximum absolute atomic E-state index is 12.2. The molecule has 0 aliphatic heterocycles. The number of hydrogen-bond acceptors (Lipinski definition) is 3. The number of carbonyl (C=O) groups is 1. The van der Waals surface area contributed by atoms with Gasteiger partial charge < -0.3 is 5.73 Å². The maximum Gasteiger partial charge on any atom is 0.243 e. The third-order valence-corrected chi connectivity index (χ3v) is 4.53. The Labute approximate surface area is 126 Å². The molecule has 0 aliphatic rings. The highest BCUT2D eigenvalue weighted by Crippen LogP contribution is 2.27. The van der Waals surface area contributed by atoms with Crippen molar-refractivity contribution in [1.82, 2.24) is 5.32 Å². The van der Waals surface area contributed by atoms with E-state index in [1.54, 1.807) is 11.8 Å². The van der Waals surface area contributed by atoms with E-state index in [0.717, 1.165) is 11.3 Å². The van der Waals surface area contributed by atoms with Crippen molar-refractivity contribution in [2.24, 2.45) is 11.7 Å². The lowest BCUT2D eigenvalue weighted by molar-refractivity contribution is -0.124. The van der Waals surface area contributed by atoms with Crippen molar-refractivity contribution in [3.05, 3.63) is 35.9 Å². The quantitative estimate of drug-likeness (QED) is 0.775. The van der Waals surface area contributed by atoms with Gasteiger partial charge in [-0.3, -0.25) is 10.1 Å². The summed E-state index contributed by atoms with van der Waals surface area (Å²) >= 11 is 1.77. The number of nitrogens with one attached hydrogen (secondary N) is 1. The number of hydrogen-bond donors (Lipinski definition) is 2. The van der Waals surface area contributed by atoms with Gasteiger partial charge in [0.25, 0.3) is 0 Å². The molecule has 1 atom stereocenters. The zero-order chi connectivity index (χ0) is 15.2. The normalized spacial score (nSPS) is 14.5. The minimum atomic E-state index is -0.797. The smallest absolute Gasteiger partial charge is 0.243 e. The average molecular weight is 294 g/mol. The second kappa shape index (κ2) is 7.70. The summed E-state index contributed by atoms with van der Waals surface area (Å²) in [5.74, 6) is 1.96. The Hall–Kier alpha value is -1.00. The summed E-state index contributed by atoms with van der Waals surface area (Å²) in [6.07, 6.45) is 0. The molecule has 0 aromatic heterocycles. The molecule has 0 fully saturated rings. The van der Waals surface area contributed by atoms with E-state index in [1.807, 2.05) is 44.2 Å². The van der Waals surface area contributed by atoms with E-state index in [-0.39, 0.29) is 11.9 Å². The third kappa shape index (κ3) is 4.53. The molecule has 3 N–H and O–H groups in total. The van der Waals surface area contributed by atoms with Crippen LogP contribution in [0.25, 0.3) is 0 Å². The molecule has 0 saturated carbocycles. The fraction of sp³-hybridized carbons (Fsp3) is 0.562. The van der Waals surface area contributed by atoms with Crippen LogP contribution in [-0.4, -0.2) is 23.5 Å². The van der Waals surface area contributed by atoms with Crippen molar-refractivity contribution in [1.29, 1.82) is 0 Å². The number of primary amides is 1. The largest absolute Gasteiger partial charge is 0.368 e. The van der Waals surface area contributed by atoms with Crippen LogP contribution in [0.1, 0.15) is 33.3 Å². The van der Waals surface area contributed by atoms with E-state index in [1.165, 1.54) is 0 Å². The van der Waals surface area contributed by atoms with Crippen molar-refractivity contribution in [2.75, 3.05) is 11.5 Å². The van der Waals surface area contributed by atoms with Crippen LogP contribution in [-0.2, 0) is 10.3 Å². The van der Waals surface area contributed by atoms with E-state index in [9.17, 15) is 4.79 Å². The van der Waals surface area contributed by atoms with Crippen LogP contribution in [0.5, 0.6) is 0 Å². The highest BCUT2D eigenvalue weighted by Gasteiger charge is 2.38. The van der Waals surface area contributed by atoms with Gasteiger partial charge in [-0.15, -0.1) is 0 Å². The molecule has 0 spiro atoms. The molecule has 1 aromatic carbocycles. The predicted octanol–water partition coefficient (Wildman–Crippen LogP) is 2.75. The summed E-state index contributed by atoms with van der Waals surface area (Å²) in [4.78, 5) is 12.2. The summed E-state index contributed by atoms with van der Waals surface area (Å²) in [5.41, 5.74) is 5.90. The highest BCUT2D eigenvalue weighted by molar-refractivity contribution is 7.99. The van der Waals surface area contributed by atoms with Crippen molar-refractivity contribution in [2.45, 2.75) is 39.3 Å². The summed E-state index contributed by atoms with van der Waals surface area (Å²) in [6, 6.07) is 9.96. The van der Waals surface area contributed by atoms with Crippen LogP contribution in [0, 0.1) is 5.92 Å². The van der Waals surface area contributed by atoms with Crippen molar-refractivity contribution >= 4 is 17.7 Å². The number of carbonyl (C=O) groups excluding carboxylic acids is 1. The number of amides is 1. The molecular formula is C16H26N2OS. The lowest BCUT2D eigenvalue weighted by Gasteiger charge is -2.34. The zero-order valence-electron chi connectivity index (χ0n) is 12.8. The van der Waals surface area contributed by atoms with Crippen LogP contribution in [0.3, 0.4) is 0 Å². The van der Waals surface area contributed by atoms with E-state index >= 15 is 0 Å². The Morgan fingerprint density at radius 2 is 1.85 bits per heavy atom. The van der Waals surface area contributed by atoms with E-state index in [2.05, 4.69) is 19.2 Å². The number of benzene rings is 1. The topological polar surface area (TPSA) is 55.1 Å². The summed E-state index contributed by atoms with van der Waals surface area (Å²) in [5, 5.41) is 3.39. The fourth-order valence-corrected chi connectivity index (χ4v) is 3.44. The van der Waals surface area contributed by atoms with E-state index in [0.29, 0.717) is 11.7 Å². The lowest BCUT2D eigenvalue weighted by Crippen LogP contribution is -2.57. The highest BCUT2D eigenvalue weighted by atomic mass is 32.2. The molecule has 20 heavy (non-hydrogen) atoms. The number of rotatable bonds is 8. The minimum absolute atomic E-state index is 0.183. The number of nitrogens with two attached hydrogens (primary N) is 1. The van der Waals surface area contributed by atoms with Gasteiger partial charge >= 0.3 is 0 Å². The molecule has 0 aliphatic carbocycles. The molecule has 0 bridgehead atoms. The first-order valence-electron chi connectivity index (χ1n) is 7.09. The SMILES string of the molecule is CC(C)CSCC(NC(C)C)(C(N)=O)c1ccccc1. The molecular weight excluding hydrogens is 268 g/mol. The lowest BCUT2D eigenvalue weighted by atomic mass is 9.90. The average Bonchev–Trinajstić information content (AvgIpc) is 2.37. The van der Waals surface area contributed by atoms with Crippen LogP contribution in [0.15, 0.2) is 30.3 Å². The van der Waals surface area contributed by atoms with Crippen molar-refractivity contribution in [3.63, 3.8) is 0 Å². The molecule has 1 amide bonds. The Balaban J connectivity index is 3.05. The summed E-state index contributed by atoms with van der Waals surface area (Å²) in [7, 11) is 0. The molecule has 3 nitrogen and oxygen atoms in total. The summed E-state index contributed by atoms with van der Waals surface area (Å²) in [6.45, 7) is 8.43. The fourth-order valence-electron chi connectivity index (χ4n) is 2.16. The maximum atomic E-state index is 12.2. The van der Waals surface area contributed by atoms with Gasteiger partial charge in [0, 0.05) is 11.8 Å². The Bertz CT molecular complexity index is 420. The molecule has 0 heterocycles. The van der Waals surface area contributed by atoms with Crippen molar-refractivity contribution < 1.29 is 4.79 Å². The van der Waals surface area contributed by atoms with E-state index < -0.39 is 5.54 Å². The van der Waals surface area contributed by atoms with Crippen LogP contribution in [0.4, 0.5) is 0 Å². The second-order valence-electron chi connectivity index (χ2n) is 5.84. The van der Waals surface area contributed by atoms with Gasteiger partial charge in [-0.05, 0) is 31.1 Å². The van der Waals surface area contributed by atoms with Crippen molar-refractivity contribution in [3.8, 4) is 0 Å². The zero-order valence-corrected chi connectivity index (χ0v) is 13.7. The molecule has 1 rings (SSSR count). The third-order valence-electron chi connectivity index (χ3n) is 2.99. The molecule has 4 heteroatoms. The van der Waals surface area contributed by atoms with Gasteiger partial charge in [-0.1, -0.05) is 44.2 Å². The van der Waals surface area contributed by atoms with Crippen LogP contribution < -0.4 is 11.1 Å². The number of thioether (sulfide) groups is 1. The van der Waals surface area contributed by atoms with Gasteiger partial charge in [-0.2, -0.15) is 11.8 Å². The molecule has 112 valence electrons. The van der Waals surface area contributed by atoms with Gasteiger partial charge in [0.2, 0.25) is 5.91 Å². The van der Waals surface area contributed by atoms with Gasteiger partial charge in [-0.25, -0.2) is 0 Å². The molecule has 0 saturated heterocycles. The molecule has 0 radical (unpaired) electrons. The first kappa shape index (κ1) is 17.1. The van der Waals surface area contributed by atoms with E-state index in [4.69, 9.17) is 5.73 Å². The summed E-state index contributed by atoms with van der Waals surface area (Å²) < 4.78 is 0. The Kier molecular flexibility index (Phi) is 6.56. The van der Waals surface area contributed by atoms with Crippen LogP contribution in [0.2, 0.25) is 0 Å². The first-order chi connectivity index (χ1) is 9.38. The minimum Gasteiger partial charge on any atom is -0.368 e. The van der Waals surface area contributed by atoms with Gasteiger partial charge in [0.05, 0.1) is 0 Å². The standard InChI is InChI=1S/C16H26N2OS/c1-12(2)10-20-11-16(15(17)19,18-13(3)4)14-8-6-5-7-9-14/h5-9,12-13,18H,10-11H2,1-4H3,(H2,17,19).